The van der Waals surface area contributed by atoms with Crippen LogP contribution in [0.3, 0.4) is 0 Å². The van der Waals surface area contributed by atoms with Crippen molar-refractivity contribution in [3.05, 3.63) is 94.4 Å². The van der Waals surface area contributed by atoms with Gasteiger partial charge in [0, 0.05) is 10.3 Å². The fourth-order valence-corrected chi connectivity index (χ4v) is 7.13. The van der Waals surface area contributed by atoms with Gasteiger partial charge in [-0.25, -0.2) is 0 Å². The topological polar surface area (TPSA) is 64.6 Å². The van der Waals surface area contributed by atoms with Gasteiger partial charge in [-0.15, -0.1) is 11.3 Å². The van der Waals surface area contributed by atoms with E-state index in [1.54, 1.807) is 6.92 Å². The molecule has 1 aromatic heterocycles. The Kier molecular flexibility index (Phi) is 9.12. The molecule has 1 N–H and O–H groups in total. The number of nitrogens with one attached hydrogen (secondary N) is 1. The van der Waals surface area contributed by atoms with Crippen LogP contribution in [0.2, 0.25) is 0 Å². The van der Waals surface area contributed by atoms with Gasteiger partial charge in [-0.2, -0.15) is 0 Å². The maximum absolute atomic E-state index is 12.3. The number of fused-ring (bicyclic) bond motifs is 1. The van der Waals surface area contributed by atoms with E-state index in [9.17, 15) is 9.59 Å². The van der Waals surface area contributed by atoms with Crippen molar-refractivity contribution in [2.45, 2.75) is 57.1 Å². The van der Waals surface area contributed by atoms with Crippen LogP contribution in [-0.4, -0.2) is 24.4 Å². The minimum absolute atomic E-state index is 0.289. The number of ether oxygens (including phenoxy) is 2. The fourth-order valence-electron chi connectivity index (χ4n) is 5.05. The Morgan fingerprint density at radius 1 is 0.875 bits per heavy atom. The molecule has 1 saturated heterocycles. The van der Waals surface area contributed by atoms with Gasteiger partial charge in [0.15, 0.2) is 0 Å². The van der Waals surface area contributed by atoms with E-state index < -0.39 is 4.75 Å². The molecule has 0 spiro atoms. The van der Waals surface area contributed by atoms with E-state index in [0.717, 1.165) is 61.6 Å². The summed E-state index contributed by atoms with van der Waals surface area (Å²) in [6.45, 7) is 5.17. The van der Waals surface area contributed by atoms with Crippen molar-refractivity contribution < 1.29 is 19.1 Å². The summed E-state index contributed by atoms with van der Waals surface area (Å²) in [5, 5.41) is 5.73. The average Bonchev–Trinajstić information content (AvgIpc) is 3.50. The number of thioether (sulfide) groups is 1. The fraction of sp³-hybridized carbons (Fsp3) is 0.333. The standard InChI is InChI=1S/C33H35NO4S2/c1-3-10-28-29(18-17-27-24(22-39-30(27)28)16-15-23-11-5-4-6-12-23)38-20-8-7-19-37-26-14-9-13-25(21-26)33(2)31(35)34-32(36)40-33/h4-6,9,11-14,17-18,21-22H,3,7-8,10,15-16,19-20H2,1-2H3,(H,34,35,36). The van der Waals surface area contributed by atoms with E-state index in [2.05, 4.69) is 60.1 Å². The largest absolute Gasteiger partial charge is 0.494 e. The molecule has 1 aliphatic rings. The molecule has 5 nitrogen and oxygen atoms in total. The Morgan fingerprint density at radius 2 is 1.68 bits per heavy atom. The SMILES string of the molecule is CCCc1c(OCCCCOc2cccc(C3(C)SC(=O)NC3=O)c2)ccc2c(CCc3ccccc3)csc12. The van der Waals surface area contributed by atoms with Gasteiger partial charge in [-0.05, 0) is 103 Å². The highest BCUT2D eigenvalue weighted by Crippen LogP contribution is 2.42. The maximum Gasteiger partial charge on any atom is 0.287 e. The molecule has 1 fully saturated rings. The molecule has 3 aromatic carbocycles. The maximum atomic E-state index is 12.3. The second kappa shape index (κ2) is 12.9. The molecule has 0 aliphatic carbocycles. The number of carbonyl (C=O) groups is 2. The molecule has 0 bridgehead atoms. The number of imide groups is 1. The Morgan fingerprint density at radius 3 is 2.42 bits per heavy atom. The van der Waals surface area contributed by atoms with Gasteiger partial charge in [-0.1, -0.05) is 55.8 Å². The molecule has 0 radical (unpaired) electrons. The van der Waals surface area contributed by atoms with Crippen LogP contribution in [0.15, 0.2) is 72.1 Å². The van der Waals surface area contributed by atoms with Crippen LogP contribution in [0.4, 0.5) is 4.79 Å². The second-order valence-electron chi connectivity index (χ2n) is 10.2. The predicted octanol–water partition coefficient (Wildman–Crippen LogP) is 8.08. The number of benzene rings is 3. The lowest BCUT2D eigenvalue weighted by Crippen LogP contribution is -2.31. The Bertz CT molecular complexity index is 1480. The van der Waals surface area contributed by atoms with Crippen molar-refractivity contribution in [1.82, 2.24) is 5.32 Å². The lowest BCUT2D eigenvalue weighted by atomic mass is 9.99. The minimum atomic E-state index is -0.924. The van der Waals surface area contributed by atoms with Gasteiger partial charge in [0.2, 0.25) is 5.91 Å². The summed E-state index contributed by atoms with van der Waals surface area (Å²) in [4.78, 5) is 24.0. The van der Waals surface area contributed by atoms with E-state index in [1.807, 2.05) is 35.6 Å². The minimum Gasteiger partial charge on any atom is -0.494 e. The monoisotopic (exact) mass is 573 g/mol. The Balaban J connectivity index is 1.13. The summed E-state index contributed by atoms with van der Waals surface area (Å²) >= 11 is 2.85. The third-order valence-corrected chi connectivity index (χ3v) is 9.53. The average molecular weight is 574 g/mol. The molecular weight excluding hydrogens is 539 g/mol. The molecule has 0 saturated carbocycles. The number of rotatable bonds is 13. The third kappa shape index (κ3) is 6.37. The van der Waals surface area contributed by atoms with Crippen LogP contribution in [0.25, 0.3) is 10.1 Å². The summed E-state index contributed by atoms with van der Waals surface area (Å²) in [6.07, 6.45) is 5.90. The van der Waals surface area contributed by atoms with Crippen molar-refractivity contribution in [3.8, 4) is 11.5 Å². The highest BCUT2D eigenvalue weighted by molar-refractivity contribution is 8.15. The zero-order valence-corrected chi connectivity index (χ0v) is 24.7. The predicted molar refractivity (Wildman–Crippen MR) is 165 cm³/mol. The number of carbonyl (C=O) groups excluding carboxylic acids is 2. The summed E-state index contributed by atoms with van der Waals surface area (Å²) < 4.78 is 12.7. The molecule has 1 unspecified atom stereocenters. The first kappa shape index (κ1) is 28.2. The lowest BCUT2D eigenvalue weighted by molar-refractivity contribution is -0.121. The number of thiophene rings is 1. The zero-order valence-electron chi connectivity index (χ0n) is 23.0. The van der Waals surface area contributed by atoms with Crippen molar-refractivity contribution >= 4 is 44.3 Å². The molecule has 7 heteroatoms. The number of hydrogen-bond donors (Lipinski definition) is 1. The van der Waals surface area contributed by atoms with Crippen molar-refractivity contribution in [2.24, 2.45) is 0 Å². The molecule has 1 atom stereocenters. The van der Waals surface area contributed by atoms with Gasteiger partial charge in [0.05, 0.1) is 13.2 Å². The van der Waals surface area contributed by atoms with Gasteiger partial charge in [0.1, 0.15) is 16.2 Å². The summed E-state index contributed by atoms with van der Waals surface area (Å²) in [5.41, 5.74) is 4.88. The van der Waals surface area contributed by atoms with Crippen molar-refractivity contribution in [1.29, 1.82) is 0 Å². The second-order valence-corrected chi connectivity index (χ2v) is 12.5. The number of hydrogen-bond acceptors (Lipinski definition) is 6. The molecule has 4 aromatic rings. The summed E-state index contributed by atoms with van der Waals surface area (Å²) in [7, 11) is 0. The molecular formula is C33H35NO4S2. The first-order chi connectivity index (χ1) is 19.5. The normalized spacial score (nSPS) is 16.9. The van der Waals surface area contributed by atoms with Crippen LogP contribution in [0.1, 0.15) is 55.4 Å². The summed E-state index contributed by atoms with van der Waals surface area (Å²) in [6, 6.07) is 22.5. The molecule has 208 valence electrons. The molecule has 40 heavy (non-hydrogen) atoms. The third-order valence-electron chi connectivity index (χ3n) is 7.30. The zero-order chi connectivity index (χ0) is 28.0. The molecule has 1 aliphatic heterocycles. The van der Waals surface area contributed by atoms with Gasteiger partial charge in [-0.3, -0.25) is 14.9 Å². The molecule has 2 heterocycles. The van der Waals surface area contributed by atoms with E-state index in [4.69, 9.17) is 9.47 Å². The van der Waals surface area contributed by atoms with E-state index >= 15 is 0 Å². The molecule has 2 amide bonds. The van der Waals surface area contributed by atoms with E-state index in [0.29, 0.717) is 19.0 Å². The van der Waals surface area contributed by atoms with Crippen LogP contribution >= 0.6 is 23.1 Å². The van der Waals surface area contributed by atoms with Crippen LogP contribution in [0.5, 0.6) is 11.5 Å². The van der Waals surface area contributed by atoms with Gasteiger partial charge < -0.3 is 9.47 Å². The first-order valence-corrected chi connectivity index (χ1v) is 15.6. The van der Waals surface area contributed by atoms with Crippen LogP contribution < -0.4 is 14.8 Å². The highest BCUT2D eigenvalue weighted by atomic mass is 32.2. The van der Waals surface area contributed by atoms with Gasteiger partial charge >= 0.3 is 0 Å². The van der Waals surface area contributed by atoms with E-state index in [-0.39, 0.29) is 11.1 Å². The number of aryl methyl sites for hydroxylation is 3. The van der Waals surface area contributed by atoms with E-state index in [1.165, 1.54) is 26.8 Å². The number of unbranched alkanes of at least 4 members (excludes halogenated alkanes) is 1. The quantitative estimate of drug-likeness (QED) is 0.164. The highest BCUT2D eigenvalue weighted by Gasteiger charge is 2.45. The van der Waals surface area contributed by atoms with Crippen molar-refractivity contribution in [3.63, 3.8) is 0 Å². The number of amides is 2. The van der Waals surface area contributed by atoms with Gasteiger partial charge in [0.25, 0.3) is 5.24 Å². The van der Waals surface area contributed by atoms with Crippen LogP contribution in [0, 0.1) is 0 Å². The van der Waals surface area contributed by atoms with Crippen molar-refractivity contribution in [2.75, 3.05) is 13.2 Å². The first-order valence-electron chi connectivity index (χ1n) is 13.9. The Hall–Kier alpha value is -3.29. The smallest absolute Gasteiger partial charge is 0.287 e. The lowest BCUT2D eigenvalue weighted by Gasteiger charge is -2.19. The Labute approximate surface area is 244 Å². The summed E-state index contributed by atoms with van der Waals surface area (Å²) in [5.74, 6) is 1.40. The molecule has 5 rings (SSSR count). The van der Waals surface area contributed by atoms with Crippen LogP contribution in [-0.2, 0) is 28.8 Å².